The first-order valence-corrected chi connectivity index (χ1v) is 8.67. The van der Waals surface area contributed by atoms with Gasteiger partial charge in [-0.1, -0.05) is 6.92 Å². The van der Waals surface area contributed by atoms with Crippen molar-refractivity contribution in [3.05, 3.63) is 23.8 Å². The van der Waals surface area contributed by atoms with Crippen LogP contribution >= 0.6 is 0 Å². The van der Waals surface area contributed by atoms with Gasteiger partial charge in [0.25, 0.3) is 0 Å². The highest BCUT2D eigenvalue weighted by molar-refractivity contribution is 5.91. The van der Waals surface area contributed by atoms with Crippen LogP contribution in [0.15, 0.2) is 18.2 Å². The molecule has 1 aromatic carbocycles. The Balaban J connectivity index is 1.89. The number of rotatable bonds is 8. The van der Waals surface area contributed by atoms with Crippen LogP contribution in [0, 0.1) is 11.3 Å². The van der Waals surface area contributed by atoms with E-state index in [1.54, 1.807) is 18.2 Å². The van der Waals surface area contributed by atoms with Crippen molar-refractivity contribution in [2.24, 2.45) is 0 Å². The van der Waals surface area contributed by atoms with Crippen LogP contribution < -0.4 is 15.4 Å². The minimum Gasteiger partial charge on any atom is -0.492 e. The predicted octanol–water partition coefficient (Wildman–Crippen LogP) is 2.02. The van der Waals surface area contributed by atoms with Crippen molar-refractivity contribution < 1.29 is 19.4 Å². The summed E-state index contributed by atoms with van der Waals surface area (Å²) in [6.07, 6.45) is 1.43. The molecule has 26 heavy (non-hydrogen) atoms. The highest BCUT2D eigenvalue weighted by atomic mass is 16.5. The van der Waals surface area contributed by atoms with Crippen molar-refractivity contribution in [3.63, 3.8) is 0 Å². The molecule has 3 N–H and O–H groups in total. The maximum atomic E-state index is 12.2. The minimum absolute atomic E-state index is 0.00228. The highest BCUT2D eigenvalue weighted by Crippen LogP contribution is 2.27. The number of benzene rings is 1. The van der Waals surface area contributed by atoms with Crippen LogP contribution in [-0.4, -0.2) is 53.8 Å². The van der Waals surface area contributed by atoms with Crippen molar-refractivity contribution in [3.8, 4) is 11.8 Å². The second-order valence-electron chi connectivity index (χ2n) is 6.13. The number of nitriles is 1. The van der Waals surface area contributed by atoms with Gasteiger partial charge in [0.05, 0.1) is 30.5 Å². The summed E-state index contributed by atoms with van der Waals surface area (Å²) >= 11 is 0. The molecule has 0 saturated heterocycles. The molecule has 8 nitrogen and oxygen atoms in total. The number of hydrogen-bond donors (Lipinski definition) is 3. The van der Waals surface area contributed by atoms with Gasteiger partial charge in [0.1, 0.15) is 5.75 Å². The van der Waals surface area contributed by atoms with Gasteiger partial charge in [-0.2, -0.15) is 5.26 Å². The number of urea groups is 1. The second kappa shape index (κ2) is 9.06. The molecule has 0 bridgehead atoms. The Morgan fingerprint density at radius 1 is 1.38 bits per heavy atom. The van der Waals surface area contributed by atoms with Crippen LogP contribution in [0.5, 0.6) is 5.75 Å². The van der Waals surface area contributed by atoms with Crippen molar-refractivity contribution in [1.82, 2.24) is 10.2 Å². The monoisotopic (exact) mass is 360 g/mol. The lowest BCUT2D eigenvalue weighted by Crippen LogP contribution is -2.55. The molecule has 0 spiro atoms. The fourth-order valence-corrected chi connectivity index (χ4v) is 3.00. The van der Waals surface area contributed by atoms with E-state index in [4.69, 9.17) is 15.1 Å². The molecule has 140 valence electrons. The SMILES string of the molecule is CCOc1ccc(C#N)cc1NC(=O)NC1CC(N(CC)CC(=O)O)C1. The maximum Gasteiger partial charge on any atom is 0.319 e. The molecule has 2 rings (SSSR count). The number of carbonyl (C=O) groups excluding carboxylic acids is 1. The van der Waals surface area contributed by atoms with Crippen LogP contribution in [-0.2, 0) is 4.79 Å². The molecule has 0 aromatic heterocycles. The molecule has 2 amide bonds. The lowest BCUT2D eigenvalue weighted by atomic mass is 9.85. The third-order valence-corrected chi connectivity index (χ3v) is 4.37. The number of ether oxygens (including phenoxy) is 1. The molecule has 1 aliphatic carbocycles. The fourth-order valence-electron chi connectivity index (χ4n) is 3.00. The van der Waals surface area contributed by atoms with E-state index in [0.29, 0.717) is 43.0 Å². The first kappa shape index (κ1) is 19.5. The summed E-state index contributed by atoms with van der Waals surface area (Å²) in [4.78, 5) is 25.0. The molecule has 0 heterocycles. The van der Waals surface area contributed by atoms with Crippen LogP contribution in [0.3, 0.4) is 0 Å². The molecule has 0 aliphatic heterocycles. The van der Waals surface area contributed by atoms with Gasteiger partial charge in [-0.15, -0.1) is 0 Å². The van der Waals surface area contributed by atoms with Crippen molar-refractivity contribution in [1.29, 1.82) is 5.26 Å². The molecular weight excluding hydrogens is 336 g/mol. The van der Waals surface area contributed by atoms with E-state index in [0.717, 1.165) is 0 Å². The summed E-state index contributed by atoms with van der Waals surface area (Å²) in [6.45, 7) is 4.89. The number of carboxylic acids is 1. The molecule has 1 fully saturated rings. The lowest BCUT2D eigenvalue weighted by Gasteiger charge is -2.42. The molecule has 1 aliphatic rings. The van der Waals surface area contributed by atoms with Gasteiger partial charge >= 0.3 is 12.0 Å². The van der Waals surface area contributed by atoms with E-state index in [9.17, 15) is 9.59 Å². The zero-order valence-electron chi connectivity index (χ0n) is 15.0. The predicted molar refractivity (Wildman–Crippen MR) is 96.2 cm³/mol. The summed E-state index contributed by atoms with van der Waals surface area (Å²) in [5.41, 5.74) is 0.875. The molecule has 1 aromatic rings. The Kier molecular flexibility index (Phi) is 6.81. The Morgan fingerprint density at radius 3 is 2.69 bits per heavy atom. The Bertz CT molecular complexity index is 695. The van der Waals surface area contributed by atoms with Gasteiger partial charge < -0.3 is 20.5 Å². The number of nitrogens with zero attached hydrogens (tertiary/aromatic N) is 2. The van der Waals surface area contributed by atoms with E-state index >= 15 is 0 Å². The van der Waals surface area contributed by atoms with Crippen molar-refractivity contribution in [2.45, 2.75) is 38.8 Å². The first-order valence-electron chi connectivity index (χ1n) is 8.67. The fraction of sp³-hybridized carbons (Fsp3) is 0.500. The number of likely N-dealkylation sites (N-methyl/N-ethyl adjacent to an activating group) is 1. The zero-order valence-corrected chi connectivity index (χ0v) is 15.0. The van der Waals surface area contributed by atoms with Gasteiger partial charge in [0, 0.05) is 12.1 Å². The maximum absolute atomic E-state index is 12.2. The number of hydrogen-bond acceptors (Lipinski definition) is 5. The van der Waals surface area contributed by atoms with Crippen LogP contribution in [0.1, 0.15) is 32.3 Å². The first-order chi connectivity index (χ1) is 12.5. The summed E-state index contributed by atoms with van der Waals surface area (Å²) in [6, 6.07) is 6.68. The van der Waals surface area contributed by atoms with Gasteiger partial charge in [-0.05, 0) is 44.5 Å². The van der Waals surface area contributed by atoms with Gasteiger partial charge in [0.2, 0.25) is 0 Å². The van der Waals surface area contributed by atoms with Crippen molar-refractivity contribution in [2.75, 3.05) is 25.0 Å². The zero-order chi connectivity index (χ0) is 19.1. The third-order valence-electron chi connectivity index (χ3n) is 4.37. The van der Waals surface area contributed by atoms with Crippen LogP contribution in [0.4, 0.5) is 10.5 Å². The second-order valence-corrected chi connectivity index (χ2v) is 6.13. The molecule has 0 atom stereocenters. The Hall–Kier alpha value is -2.79. The van der Waals surface area contributed by atoms with E-state index < -0.39 is 5.97 Å². The topological polar surface area (TPSA) is 115 Å². The number of carboxylic acid groups (broad SMARTS) is 1. The normalized spacial score (nSPS) is 18.5. The van der Waals surface area contributed by atoms with E-state index in [-0.39, 0.29) is 24.7 Å². The van der Waals surface area contributed by atoms with E-state index in [1.807, 2.05) is 24.8 Å². The number of amides is 2. The number of aliphatic carboxylic acids is 1. The van der Waals surface area contributed by atoms with Gasteiger partial charge in [-0.25, -0.2) is 4.79 Å². The van der Waals surface area contributed by atoms with Crippen LogP contribution in [0.25, 0.3) is 0 Å². The Labute approximate surface area is 152 Å². The summed E-state index contributed by atoms with van der Waals surface area (Å²) < 4.78 is 5.47. The number of anilines is 1. The molecular formula is C18H24N4O4. The average Bonchev–Trinajstić information content (AvgIpc) is 2.57. The van der Waals surface area contributed by atoms with Crippen molar-refractivity contribution >= 4 is 17.7 Å². The molecule has 0 radical (unpaired) electrons. The van der Waals surface area contributed by atoms with Crippen LogP contribution in [0.2, 0.25) is 0 Å². The molecule has 8 heteroatoms. The lowest BCUT2D eigenvalue weighted by molar-refractivity contribution is -0.139. The largest absolute Gasteiger partial charge is 0.492 e. The number of carbonyl (C=O) groups is 2. The molecule has 0 unspecified atom stereocenters. The van der Waals surface area contributed by atoms with Gasteiger partial charge in [-0.3, -0.25) is 9.69 Å². The van der Waals surface area contributed by atoms with E-state index in [2.05, 4.69) is 10.6 Å². The Morgan fingerprint density at radius 2 is 2.12 bits per heavy atom. The average molecular weight is 360 g/mol. The third kappa shape index (κ3) is 5.10. The standard InChI is InChI=1S/C18H24N4O4/c1-3-22(11-17(23)24)14-8-13(9-14)20-18(25)21-15-7-12(10-19)5-6-16(15)26-4-2/h5-7,13-14H,3-4,8-9,11H2,1-2H3,(H,23,24)(H2,20,21,25). The molecule has 1 saturated carbocycles. The summed E-state index contributed by atoms with van der Waals surface area (Å²) in [7, 11) is 0. The minimum atomic E-state index is -0.846. The number of nitrogens with one attached hydrogen (secondary N) is 2. The van der Waals surface area contributed by atoms with E-state index in [1.165, 1.54) is 0 Å². The summed E-state index contributed by atoms with van der Waals surface area (Å²) in [5.74, 6) is -0.339. The summed E-state index contributed by atoms with van der Waals surface area (Å²) in [5, 5.41) is 23.5. The van der Waals surface area contributed by atoms with Gasteiger partial charge in [0.15, 0.2) is 0 Å². The smallest absolute Gasteiger partial charge is 0.319 e. The quantitative estimate of drug-likeness (QED) is 0.653. The highest BCUT2D eigenvalue weighted by Gasteiger charge is 2.34.